The number of benzene rings is 2. The van der Waals surface area contributed by atoms with E-state index in [1.165, 1.54) is 12.1 Å². The molecule has 0 saturated carbocycles. The average Bonchev–Trinajstić information content (AvgIpc) is 2.47. The van der Waals surface area contributed by atoms with Crippen molar-refractivity contribution in [3.63, 3.8) is 0 Å². The maximum Gasteiger partial charge on any atom is 0.262 e. The number of hydrogen-bond acceptors (Lipinski definition) is 2. The summed E-state index contributed by atoms with van der Waals surface area (Å²) >= 11 is 3.32. The molecular weight excluding hydrogens is 301 g/mol. The molecule has 0 aromatic heterocycles. The zero-order valence-electron chi connectivity index (χ0n) is 9.04. The average molecular weight is 308 g/mol. The van der Waals surface area contributed by atoms with Gasteiger partial charge in [0.05, 0.1) is 5.69 Å². The van der Waals surface area contributed by atoms with Crippen LogP contribution in [0.15, 0.2) is 40.9 Å². The molecule has 2 aromatic carbocycles. The third kappa shape index (κ3) is 1.67. The molecule has 3 rings (SSSR count). The van der Waals surface area contributed by atoms with Gasteiger partial charge in [0.2, 0.25) is 0 Å². The van der Waals surface area contributed by atoms with E-state index >= 15 is 0 Å². The molecule has 0 unspecified atom stereocenters. The van der Waals surface area contributed by atoms with Gasteiger partial charge < -0.3 is 10.1 Å². The van der Waals surface area contributed by atoms with Crippen molar-refractivity contribution in [3.05, 3.63) is 52.3 Å². The van der Waals surface area contributed by atoms with Crippen molar-refractivity contribution in [2.75, 3.05) is 5.32 Å². The summed E-state index contributed by atoms with van der Waals surface area (Å²) in [4.78, 5) is 12.0. The van der Waals surface area contributed by atoms with Gasteiger partial charge in [0.1, 0.15) is 17.1 Å². The molecule has 1 N–H and O–H groups in total. The number of amides is 1. The van der Waals surface area contributed by atoms with Crippen LogP contribution >= 0.6 is 15.9 Å². The lowest BCUT2D eigenvalue weighted by Gasteiger charge is -2.08. The predicted octanol–water partition coefficient (Wildman–Crippen LogP) is 3.95. The lowest BCUT2D eigenvalue weighted by molar-refractivity contribution is 0.102. The minimum Gasteiger partial charge on any atom is -0.454 e. The van der Waals surface area contributed by atoms with Crippen molar-refractivity contribution in [1.82, 2.24) is 0 Å². The van der Waals surface area contributed by atoms with Crippen LogP contribution in [-0.2, 0) is 0 Å². The zero-order valence-corrected chi connectivity index (χ0v) is 10.6. The number of halogens is 2. The first-order valence-corrected chi connectivity index (χ1v) is 6.02. The van der Waals surface area contributed by atoms with Crippen LogP contribution in [-0.4, -0.2) is 5.91 Å². The van der Waals surface area contributed by atoms with Crippen LogP contribution in [0, 0.1) is 5.82 Å². The third-order valence-electron chi connectivity index (χ3n) is 2.64. The molecule has 2 aromatic rings. The summed E-state index contributed by atoms with van der Waals surface area (Å²) in [5, 5.41) is 2.64. The van der Waals surface area contributed by atoms with E-state index in [1.54, 1.807) is 24.3 Å². The van der Waals surface area contributed by atoms with E-state index in [2.05, 4.69) is 21.2 Å². The monoisotopic (exact) mass is 307 g/mol. The summed E-state index contributed by atoms with van der Waals surface area (Å²) in [5.74, 6) is -0.436. The van der Waals surface area contributed by atoms with Crippen LogP contribution in [0.25, 0.3) is 0 Å². The van der Waals surface area contributed by atoms with Crippen molar-refractivity contribution in [2.45, 2.75) is 0 Å². The number of nitrogens with one attached hydrogen (secondary N) is 1. The van der Waals surface area contributed by atoms with Crippen molar-refractivity contribution < 1.29 is 13.9 Å². The number of carbonyl (C=O) groups is 1. The van der Waals surface area contributed by atoms with E-state index in [1.807, 2.05) is 0 Å². The van der Waals surface area contributed by atoms with Crippen LogP contribution in [0.1, 0.15) is 10.4 Å². The Hall–Kier alpha value is -1.88. The van der Waals surface area contributed by atoms with E-state index in [-0.39, 0.29) is 11.3 Å². The summed E-state index contributed by atoms with van der Waals surface area (Å²) in [6.45, 7) is 0. The van der Waals surface area contributed by atoms with Gasteiger partial charge in [-0.25, -0.2) is 4.39 Å². The number of anilines is 1. The number of rotatable bonds is 0. The minimum atomic E-state index is -0.603. The van der Waals surface area contributed by atoms with Gasteiger partial charge >= 0.3 is 0 Å². The maximum atomic E-state index is 13.7. The number of para-hydroxylation sites is 1. The molecule has 0 spiro atoms. The summed E-state index contributed by atoms with van der Waals surface area (Å²) in [6, 6.07) is 9.56. The van der Waals surface area contributed by atoms with Crippen LogP contribution in [0.3, 0.4) is 0 Å². The van der Waals surface area contributed by atoms with Gasteiger partial charge in [0.15, 0.2) is 5.75 Å². The normalized spacial score (nSPS) is 12.9. The molecule has 0 bridgehead atoms. The van der Waals surface area contributed by atoms with Gasteiger partial charge in [-0.1, -0.05) is 12.1 Å². The highest BCUT2D eigenvalue weighted by Gasteiger charge is 2.24. The van der Waals surface area contributed by atoms with Crippen LogP contribution in [0.4, 0.5) is 10.1 Å². The molecule has 1 aliphatic rings. The van der Waals surface area contributed by atoms with E-state index in [0.29, 0.717) is 15.9 Å². The SMILES string of the molecule is O=C1Nc2c(Br)cccc2Oc2cccc(F)c21. The first kappa shape index (κ1) is 11.2. The highest BCUT2D eigenvalue weighted by molar-refractivity contribution is 9.10. The Morgan fingerprint density at radius 3 is 2.67 bits per heavy atom. The second kappa shape index (κ2) is 4.10. The smallest absolute Gasteiger partial charge is 0.262 e. The molecule has 1 aliphatic heterocycles. The zero-order chi connectivity index (χ0) is 12.7. The molecule has 0 aliphatic carbocycles. The minimum absolute atomic E-state index is 0.0828. The molecule has 1 heterocycles. The molecule has 0 fully saturated rings. The molecule has 3 nitrogen and oxygen atoms in total. The number of fused-ring (bicyclic) bond motifs is 2. The number of hydrogen-bond donors (Lipinski definition) is 1. The molecular formula is C13H7BrFNO2. The summed E-state index contributed by atoms with van der Waals surface area (Å²) in [6.07, 6.45) is 0. The molecule has 90 valence electrons. The molecule has 0 atom stereocenters. The Morgan fingerprint density at radius 2 is 1.83 bits per heavy atom. The van der Waals surface area contributed by atoms with Crippen LogP contribution in [0.2, 0.25) is 0 Å². The van der Waals surface area contributed by atoms with E-state index < -0.39 is 11.7 Å². The summed E-state index contributed by atoms with van der Waals surface area (Å²) in [7, 11) is 0. The first-order valence-electron chi connectivity index (χ1n) is 5.23. The van der Waals surface area contributed by atoms with Crippen molar-refractivity contribution >= 4 is 27.5 Å². The molecule has 1 amide bonds. The van der Waals surface area contributed by atoms with E-state index in [4.69, 9.17) is 4.74 Å². The second-order valence-electron chi connectivity index (χ2n) is 3.78. The molecule has 0 saturated heterocycles. The molecule has 5 heteroatoms. The number of carbonyl (C=O) groups excluding carboxylic acids is 1. The van der Waals surface area contributed by atoms with Crippen molar-refractivity contribution in [3.8, 4) is 11.5 Å². The summed E-state index contributed by atoms with van der Waals surface area (Å²) < 4.78 is 19.9. The van der Waals surface area contributed by atoms with Gasteiger partial charge in [0, 0.05) is 4.47 Å². The Kier molecular flexibility index (Phi) is 2.56. The van der Waals surface area contributed by atoms with E-state index in [0.717, 1.165) is 0 Å². The van der Waals surface area contributed by atoms with Gasteiger partial charge in [-0.05, 0) is 40.2 Å². The lowest BCUT2D eigenvalue weighted by Crippen LogP contribution is -2.12. The van der Waals surface area contributed by atoms with Crippen LogP contribution in [0.5, 0.6) is 11.5 Å². The largest absolute Gasteiger partial charge is 0.454 e. The summed E-state index contributed by atoms with van der Waals surface area (Å²) in [5.41, 5.74) is 0.415. The number of ether oxygens (including phenoxy) is 1. The fourth-order valence-electron chi connectivity index (χ4n) is 1.81. The second-order valence-corrected chi connectivity index (χ2v) is 4.64. The predicted molar refractivity (Wildman–Crippen MR) is 68.6 cm³/mol. The van der Waals surface area contributed by atoms with Crippen LogP contribution < -0.4 is 10.1 Å². The Balaban J connectivity index is 2.23. The standard InChI is InChI=1S/C13H7BrFNO2/c14-7-3-1-6-10-12(7)16-13(17)11-8(15)4-2-5-9(11)18-10/h1-6H,(H,16,17). The maximum absolute atomic E-state index is 13.7. The molecule has 0 radical (unpaired) electrons. The van der Waals surface area contributed by atoms with E-state index in [9.17, 15) is 9.18 Å². The quantitative estimate of drug-likeness (QED) is 0.800. The Morgan fingerprint density at radius 1 is 1.11 bits per heavy atom. The van der Waals surface area contributed by atoms with Gasteiger partial charge in [-0.2, -0.15) is 0 Å². The first-order chi connectivity index (χ1) is 8.66. The Labute approximate surface area is 111 Å². The highest BCUT2D eigenvalue weighted by Crippen LogP contribution is 2.40. The van der Waals surface area contributed by atoms with Gasteiger partial charge in [0.25, 0.3) is 5.91 Å². The van der Waals surface area contributed by atoms with Gasteiger partial charge in [-0.3, -0.25) is 4.79 Å². The molecule has 18 heavy (non-hydrogen) atoms. The fourth-order valence-corrected chi connectivity index (χ4v) is 2.26. The lowest BCUT2D eigenvalue weighted by atomic mass is 10.2. The third-order valence-corrected chi connectivity index (χ3v) is 3.30. The Bertz CT molecular complexity index is 657. The van der Waals surface area contributed by atoms with Gasteiger partial charge in [-0.15, -0.1) is 0 Å². The fraction of sp³-hybridized carbons (Fsp3) is 0. The topological polar surface area (TPSA) is 38.3 Å². The van der Waals surface area contributed by atoms with Crippen molar-refractivity contribution in [2.24, 2.45) is 0 Å². The highest BCUT2D eigenvalue weighted by atomic mass is 79.9. The van der Waals surface area contributed by atoms with Crippen molar-refractivity contribution in [1.29, 1.82) is 0 Å².